The number of benzene rings is 2. The van der Waals surface area contributed by atoms with Crippen molar-refractivity contribution in [2.75, 3.05) is 16.8 Å². The molecule has 1 N–H and O–H groups in total. The number of carbonyl (C=O) groups is 2. The molecule has 1 fully saturated rings. The number of rotatable bonds is 5. The molecule has 2 aliphatic rings. The van der Waals surface area contributed by atoms with Crippen molar-refractivity contribution in [1.29, 1.82) is 0 Å². The molecule has 0 bridgehead atoms. The second kappa shape index (κ2) is 6.94. The molecule has 1 unspecified atom stereocenters. The van der Waals surface area contributed by atoms with Crippen molar-refractivity contribution in [3.8, 4) is 0 Å². The summed E-state index contributed by atoms with van der Waals surface area (Å²) in [5.41, 5.74) is 3.94. The third-order valence-corrected chi connectivity index (χ3v) is 5.37. The highest BCUT2D eigenvalue weighted by Gasteiger charge is 2.36. The molecule has 1 aliphatic heterocycles. The van der Waals surface area contributed by atoms with Gasteiger partial charge in [0.25, 0.3) is 0 Å². The van der Waals surface area contributed by atoms with Crippen LogP contribution in [0.15, 0.2) is 48.5 Å². The van der Waals surface area contributed by atoms with Crippen LogP contribution >= 0.6 is 0 Å². The van der Waals surface area contributed by atoms with Gasteiger partial charge < -0.3 is 10.2 Å². The minimum Gasteiger partial charge on any atom is -0.325 e. The highest BCUT2D eigenvalue weighted by Crippen LogP contribution is 2.37. The fraction of sp³-hybridized carbons (Fsp3) is 0.364. The topological polar surface area (TPSA) is 49.4 Å². The van der Waals surface area contributed by atoms with E-state index in [9.17, 15) is 9.59 Å². The number of hydrogen-bond acceptors (Lipinski definition) is 2. The maximum atomic E-state index is 12.8. The van der Waals surface area contributed by atoms with Crippen LogP contribution in [0.2, 0.25) is 0 Å². The van der Waals surface area contributed by atoms with E-state index in [-0.39, 0.29) is 23.7 Å². The Bertz CT molecular complexity index is 827. The number of carbonyl (C=O) groups excluding carboxylic acids is 2. The van der Waals surface area contributed by atoms with Gasteiger partial charge in [-0.3, -0.25) is 9.59 Å². The molecule has 0 saturated heterocycles. The lowest BCUT2D eigenvalue weighted by atomic mass is 9.95. The standard InChI is InChI=1S/C22H24N2O2/c1-2-19(15-6-4-3-5-7-15)21(25)23-18-11-10-16-12-13-24(20(16)14-18)22(26)17-8-9-17/h3-7,10-11,14,17,19H,2,8-9,12-13H2,1H3,(H,23,25). The molecule has 4 rings (SSSR count). The quantitative estimate of drug-likeness (QED) is 0.884. The third-order valence-electron chi connectivity index (χ3n) is 5.37. The Kier molecular flexibility index (Phi) is 4.49. The number of nitrogens with one attached hydrogen (secondary N) is 1. The van der Waals surface area contributed by atoms with Crippen molar-refractivity contribution < 1.29 is 9.59 Å². The molecule has 2 amide bonds. The minimum absolute atomic E-state index is 0.00304. The van der Waals surface area contributed by atoms with E-state index in [4.69, 9.17) is 0 Å². The summed E-state index contributed by atoms with van der Waals surface area (Å²) >= 11 is 0. The predicted molar refractivity (Wildman–Crippen MR) is 103 cm³/mol. The van der Waals surface area contributed by atoms with Gasteiger partial charge in [-0.05, 0) is 48.9 Å². The van der Waals surface area contributed by atoms with Gasteiger partial charge >= 0.3 is 0 Å². The number of fused-ring (bicyclic) bond motifs is 1. The average Bonchev–Trinajstić information content (AvgIpc) is 3.42. The molecule has 0 radical (unpaired) electrons. The molecule has 0 spiro atoms. The minimum atomic E-state index is -0.173. The van der Waals surface area contributed by atoms with Crippen LogP contribution in [0.4, 0.5) is 11.4 Å². The Labute approximate surface area is 154 Å². The Morgan fingerprint density at radius 2 is 1.92 bits per heavy atom. The van der Waals surface area contributed by atoms with Crippen LogP contribution < -0.4 is 10.2 Å². The molecule has 2 aromatic rings. The summed E-state index contributed by atoms with van der Waals surface area (Å²) in [4.78, 5) is 27.2. The molecule has 4 heteroatoms. The summed E-state index contributed by atoms with van der Waals surface area (Å²) in [6, 6.07) is 15.8. The average molecular weight is 348 g/mol. The molecule has 4 nitrogen and oxygen atoms in total. The predicted octanol–water partition coefficient (Wildman–Crippen LogP) is 4.12. The van der Waals surface area contributed by atoms with Crippen LogP contribution in [0.5, 0.6) is 0 Å². The van der Waals surface area contributed by atoms with Crippen LogP contribution in [0.25, 0.3) is 0 Å². The highest BCUT2D eigenvalue weighted by molar-refractivity contribution is 6.00. The van der Waals surface area contributed by atoms with E-state index in [0.29, 0.717) is 0 Å². The second-order valence-electron chi connectivity index (χ2n) is 7.22. The first-order valence-corrected chi connectivity index (χ1v) is 9.47. The van der Waals surface area contributed by atoms with Crippen molar-refractivity contribution in [1.82, 2.24) is 0 Å². The van der Waals surface area contributed by atoms with Gasteiger partial charge in [0.1, 0.15) is 0 Å². The summed E-state index contributed by atoms with van der Waals surface area (Å²) in [6.07, 6.45) is 3.66. The van der Waals surface area contributed by atoms with Crippen LogP contribution in [-0.4, -0.2) is 18.4 Å². The first kappa shape index (κ1) is 16.8. The Balaban J connectivity index is 1.53. The van der Waals surface area contributed by atoms with Gasteiger partial charge in [0.15, 0.2) is 0 Å². The van der Waals surface area contributed by atoms with Gasteiger partial charge in [-0.15, -0.1) is 0 Å². The highest BCUT2D eigenvalue weighted by atomic mass is 16.2. The normalized spacial score (nSPS) is 16.9. The van der Waals surface area contributed by atoms with Gasteiger partial charge in [0, 0.05) is 23.8 Å². The summed E-state index contributed by atoms with van der Waals surface area (Å²) in [6.45, 7) is 2.78. The molecule has 1 heterocycles. The van der Waals surface area contributed by atoms with E-state index in [2.05, 4.69) is 5.32 Å². The molecular formula is C22H24N2O2. The van der Waals surface area contributed by atoms with Crippen molar-refractivity contribution in [3.05, 3.63) is 59.7 Å². The molecule has 1 atom stereocenters. The van der Waals surface area contributed by atoms with Crippen molar-refractivity contribution >= 4 is 23.2 Å². The van der Waals surface area contributed by atoms with Crippen LogP contribution in [-0.2, 0) is 16.0 Å². The van der Waals surface area contributed by atoms with Crippen LogP contribution in [0.1, 0.15) is 43.2 Å². The molecule has 26 heavy (non-hydrogen) atoms. The molecule has 1 saturated carbocycles. The molecule has 0 aromatic heterocycles. The lowest BCUT2D eigenvalue weighted by molar-refractivity contribution is -0.119. The number of amides is 2. The summed E-state index contributed by atoms with van der Waals surface area (Å²) < 4.78 is 0. The number of anilines is 2. The fourth-order valence-corrected chi connectivity index (χ4v) is 3.72. The zero-order chi connectivity index (χ0) is 18.1. The summed E-state index contributed by atoms with van der Waals surface area (Å²) in [5, 5.41) is 3.05. The third kappa shape index (κ3) is 3.24. The van der Waals surface area contributed by atoms with E-state index >= 15 is 0 Å². The van der Waals surface area contributed by atoms with Gasteiger partial charge in [0.2, 0.25) is 11.8 Å². The number of hydrogen-bond donors (Lipinski definition) is 1. The van der Waals surface area contributed by atoms with Crippen molar-refractivity contribution in [2.45, 2.75) is 38.5 Å². The lowest BCUT2D eigenvalue weighted by Crippen LogP contribution is -2.30. The molecular weight excluding hydrogens is 324 g/mol. The first-order chi connectivity index (χ1) is 12.7. The maximum Gasteiger partial charge on any atom is 0.231 e. The summed E-state index contributed by atoms with van der Waals surface area (Å²) in [7, 11) is 0. The zero-order valence-corrected chi connectivity index (χ0v) is 15.1. The largest absolute Gasteiger partial charge is 0.325 e. The van der Waals surface area contributed by atoms with Gasteiger partial charge in [0.05, 0.1) is 5.92 Å². The molecule has 134 valence electrons. The Morgan fingerprint density at radius 1 is 1.15 bits per heavy atom. The van der Waals surface area contributed by atoms with E-state index in [1.807, 2.05) is 60.4 Å². The molecule has 2 aromatic carbocycles. The van der Waals surface area contributed by atoms with E-state index < -0.39 is 0 Å². The van der Waals surface area contributed by atoms with E-state index in [1.165, 1.54) is 5.56 Å². The SMILES string of the molecule is CCC(C(=O)Nc1ccc2c(c1)N(C(=O)C1CC1)CC2)c1ccccc1. The van der Waals surface area contributed by atoms with Gasteiger partial charge in [-0.1, -0.05) is 43.3 Å². The maximum absolute atomic E-state index is 12.8. The Morgan fingerprint density at radius 3 is 2.62 bits per heavy atom. The van der Waals surface area contributed by atoms with Crippen molar-refractivity contribution in [3.63, 3.8) is 0 Å². The Hall–Kier alpha value is -2.62. The fourth-order valence-electron chi connectivity index (χ4n) is 3.72. The zero-order valence-electron chi connectivity index (χ0n) is 15.1. The van der Waals surface area contributed by atoms with Crippen molar-refractivity contribution in [2.24, 2.45) is 5.92 Å². The smallest absolute Gasteiger partial charge is 0.231 e. The second-order valence-corrected chi connectivity index (χ2v) is 7.22. The van der Waals surface area contributed by atoms with E-state index in [1.54, 1.807) is 0 Å². The van der Waals surface area contributed by atoms with Gasteiger partial charge in [-0.2, -0.15) is 0 Å². The summed E-state index contributed by atoms with van der Waals surface area (Å²) in [5.74, 6) is 0.273. The monoisotopic (exact) mass is 348 g/mol. The first-order valence-electron chi connectivity index (χ1n) is 9.47. The van der Waals surface area contributed by atoms with Crippen LogP contribution in [0.3, 0.4) is 0 Å². The van der Waals surface area contributed by atoms with Gasteiger partial charge in [-0.25, -0.2) is 0 Å². The lowest BCUT2D eigenvalue weighted by Gasteiger charge is -2.19. The van der Waals surface area contributed by atoms with E-state index in [0.717, 1.165) is 49.2 Å². The number of nitrogens with zero attached hydrogens (tertiary/aromatic N) is 1. The molecule has 1 aliphatic carbocycles. The van der Waals surface area contributed by atoms with Crippen LogP contribution in [0, 0.1) is 5.92 Å².